The summed E-state index contributed by atoms with van der Waals surface area (Å²) in [4.78, 5) is 0. The van der Waals surface area contributed by atoms with Gasteiger partial charge >= 0.3 is 0 Å². The van der Waals surface area contributed by atoms with Gasteiger partial charge in [0.15, 0.2) is 0 Å². The molecule has 0 aliphatic heterocycles. The maximum Gasteiger partial charge on any atom is 0.0385 e. The van der Waals surface area contributed by atoms with Crippen molar-refractivity contribution in [2.75, 3.05) is 11.9 Å². The number of para-hydroxylation sites is 1. The quantitative estimate of drug-likeness (QED) is 0.754. The van der Waals surface area contributed by atoms with Crippen LogP contribution in [0.25, 0.3) is 0 Å². The predicted molar refractivity (Wildman–Crippen MR) is 86.9 cm³/mol. The lowest BCUT2D eigenvalue weighted by atomic mass is 10.1. The SMILES string of the molecule is CCCC(CNCc1ccccc1)Nc1ccccc1. The van der Waals surface area contributed by atoms with Crippen LogP contribution in [0.3, 0.4) is 0 Å². The van der Waals surface area contributed by atoms with E-state index >= 15 is 0 Å². The molecule has 0 fully saturated rings. The average Bonchev–Trinajstić information content (AvgIpc) is 2.49. The molecule has 2 aromatic carbocycles. The van der Waals surface area contributed by atoms with Crippen LogP contribution in [0.15, 0.2) is 60.7 Å². The van der Waals surface area contributed by atoms with Gasteiger partial charge in [-0.05, 0) is 24.1 Å². The molecule has 2 heteroatoms. The second-order valence-electron chi connectivity index (χ2n) is 5.11. The molecule has 0 spiro atoms. The highest BCUT2D eigenvalue weighted by Gasteiger charge is 2.06. The van der Waals surface area contributed by atoms with Crippen LogP contribution in [0, 0.1) is 0 Å². The molecular weight excluding hydrogens is 244 g/mol. The average molecular weight is 268 g/mol. The van der Waals surface area contributed by atoms with Gasteiger partial charge in [-0.1, -0.05) is 61.9 Å². The molecule has 0 saturated carbocycles. The van der Waals surface area contributed by atoms with Crippen molar-refractivity contribution in [3.8, 4) is 0 Å². The lowest BCUT2D eigenvalue weighted by Gasteiger charge is -2.20. The summed E-state index contributed by atoms with van der Waals surface area (Å²) in [5, 5.41) is 7.15. The van der Waals surface area contributed by atoms with E-state index in [0.717, 1.165) is 13.1 Å². The molecule has 2 aromatic rings. The summed E-state index contributed by atoms with van der Waals surface area (Å²) < 4.78 is 0. The first-order chi connectivity index (χ1) is 9.88. The Bertz CT molecular complexity index is 467. The molecule has 0 radical (unpaired) electrons. The molecule has 1 atom stereocenters. The molecule has 0 aliphatic rings. The molecule has 0 bridgehead atoms. The molecular formula is C18H24N2. The van der Waals surface area contributed by atoms with E-state index in [1.807, 2.05) is 6.07 Å². The van der Waals surface area contributed by atoms with Gasteiger partial charge in [-0.25, -0.2) is 0 Å². The minimum atomic E-state index is 0.478. The van der Waals surface area contributed by atoms with Crippen molar-refractivity contribution in [1.82, 2.24) is 5.32 Å². The number of anilines is 1. The van der Waals surface area contributed by atoms with E-state index in [-0.39, 0.29) is 0 Å². The summed E-state index contributed by atoms with van der Waals surface area (Å²) in [6, 6.07) is 21.5. The normalized spacial score (nSPS) is 12.1. The first-order valence-electron chi connectivity index (χ1n) is 7.44. The van der Waals surface area contributed by atoms with Crippen molar-refractivity contribution in [2.45, 2.75) is 32.4 Å². The topological polar surface area (TPSA) is 24.1 Å². The Morgan fingerprint density at radius 3 is 2.20 bits per heavy atom. The van der Waals surface area contributed by atoms with E-state index in [1.54, 1.807) is 0 Å². The molecule has 2 rings (SSSR count). The third-order valence-electron chi connectivity index (χ3n) is 3.34. The summed E-state index contributed by atoms with van der Waals surface area (Å²) in [6.07, 6.45) is 2.37. The highest BCUT2D eigenvalue weighted by Crippen LogP contribution is 2.10. The van der Waals surface area contributed by atoms with Gasteiger partial charge in [-0.15, -0.1) is 0 Å². The molecule has 2 N–H and O–H groups in total. The Morgan fingerprint density at radius 2 is 1.55 bits per heavy atom. The van der Waals surface area contributed by atoms with E-state index in [2.05, 4.69) is 72.2 Å². The van der Waals surface area contributed by atoms with Crippen LogP contribution in [-0.2, 0) is 6.54 Å². The van der Waals surface area contributed by atoms with Gasteiger partial charge in [0.1, 0.15) is 0 Å². The van der Waals surface area contributed by atoms with E-state index < -0.39 is 0 Å². The first kappa shape index (κ1) is 14.6. The highest BCUT2D eigenvalue weighted by atomic mass is 15.0. The van der Waals surface area contributed by atoms with E-state index in [1.165, 1.54) is 24.1 Å². The van der Waals surface area contributed by atoms with Gasteiger partial charge in [-0.2, -0.15) is 0 Å². The zero-order valence-corrected chi connectivity index (χ0v) is 12.2. The van der Waals surface area contributed by atoms with Crippen LogP contribution in [0.2, 0.25) is 0 Å². The van der Waals surface area contributed by atoms with Crippen LogP contribution < -0.4 is 10.6 Å². The maximum atomic E-state index is 3.60. The smallest absolute Gasteiger partial charge is 0.0385 e. The molecule has 0 amide bonds. The van der Waals surface area contributed by atoms with Gasteiger partial charge < -0.3 is 10.6 Å². The second-order valence-corrected chi connectivity index (χ2v) is 5.11. The predicted octanol–water partition coefficient (Wildman–Crippen LogP) is 4.06. The van der Waals surface area contributed by atoms with Crippen molar-refractivity contribution in [3.05, 3.63) is 66.2 Å². The van der Waals surface area contributed by atoms with Gasteiger partial charge in [0.25, 0.3) is 0 Å². The Kier molecular flexibility index (Phi) is 6.12. The van der Waals surface area contributed by atoms with E-state index in [9.17, 15) is 0 Å². The van der Waals surface area contributed by atoms with Gasteiger partial charge in [0.2, 0.25) is 0 Å². The third-order valence-corrected chi connectivity index (χ3v) is 3.34. The Balaban J connectivity index is 1.80. The Morgan fingerprint density at radius 1 is 0.900 bits per heavy atom. The lowest BCUT2D eigenvalue weighted by Crippen LogP contribution is -2.32. The number of hydrogen-bond acceptors (Lipinski definition) is 2. The fraction of sp³-hybridized carbons (Fsp3) is 0.333. The van der Waals surface area contributed by atoms with Gasteiger partial charge in [0, 0.05) is 24.8 Å². The summed E-state index contributed by atoms with van der Waals surface area (Å²) in [6.45, 7) is 4.14. The van der Waals surface area contributed by atoms with Crippen molar-refractivity contribution in [1.29, 1.82) is 0 Å². The van der Waals surface area contributed by atoms with Crippen LogP contribution in [0.1, 0.15) is 25.3 Å². The molecule has 0 saturated heterocycles. The molecule has 20 heavy (non-hydrogen) atoms. The van der Waals surface area contributed by atoms with Crippen LogP contribution in [0.5, 0.6) is 0 Å². The Labute approximate surface area is 122 Å². The van der Waals surface area contributed by atoms with Crippen LogP contribution >= 0.6 is 0 Å². The number of benzene rings is 2. The van der Waals surface area contributed by atoms with Crippen LogP contribution in [-0.4, -0.2) is 12.6 Å². The molecule has 0 aromatic heterocycles. The summed E-state index contributed by atoms with van der Waals surface area (Å²) in [7, 11) is 0. The lowest BCUT2D eigenvalue weighted by molar-refractivity contribution is 0.565. The number of nitrogens with one attached hydrogen (secondary N) is 2. The molecule has 1 unspecified atom stereocenters. The van der Waals surface area contributed by atoms with E-state index in [0.29, 0.717) is 6.04 Å². The first-order valence-corrected chi connectivity index (χ1v) is 7.44. The third kappa shape index (κ3) is 5.06. The molecule has 106 valence electrons. The molecule has 0 aliphatic carbocycles. The fourth-order valence-electron chi connectivity index (χ4n) is 2.33. The van der Waals surface area contributed by atoms with E-state index in [4.69, 9.17) is 0 Å². The van der Waals surface area contributed by atoms with Crippen molar-refractivity contribution >= 4 is 5.69 Å². The summed E-state index contributed by atoms with van der Waals surface area (Å²) in [5.41, 5.74) is 2.54. The Hall–Kier alpha value is -1.80. The van der Waals surface area contributed by atoms with Crippen molar-refractivity contribution in [3.63, 3.8) is 0 Å². The monoisotopic (exact) mass is 268 g/mol. The second kappa shape index (κ2) is 8.39. The molecule has 2 nitrogen and oxygen atoms in total. The fourth-order valence-corrected chi connectivity index (χ4v) is 2.33. The summed E-state index contributed by atoms with van der Waals surface area (Å²) in [5.74, 6) is 0. The van der Waals surface area contributed by atoms with Gasteiger partial charge in [0.05, 0.1) is 0 Å². The van der Waals surface area contributed by atoms with Crippen molar-refractivity contribution in [2.24, 2.45) is 0 Å². The highest BCUT2D eigenvalue weighted by molar-refractivity contribution is 5.43. The van der Waals surface area contributed by atoms with Gasteiger partial charge in [-0.3, -0.25) is 0 Å². The summed E-state index contributed by atoms with van der Waals surface area (Å²) >= 11 is 0. The zero-order valence-electron chi connectivity index (χ0n) is 12.2. The zero-order chi connectivity index (χ0) is 14.0. The number of hydrogen-bond donors (Lipinski definition) is 2. The van der Waals surface area contributed by atoms with Crippen LogP contribution in [0.4, 0.5) is 5.69 Å². The maximum absolute atomic E-state index is 3.60. The number of rotatable bonds is 8. The largest absolute Gasteiger partial charge is 0.381 e. The molecule has 0 heterocycles. The standard InChI is InChI=1S/C18H24N2/c1-2-9-18(20-17-12-7-4-8-13-17)15-19-14-16-10-5-3-6-11-16/h3-8,10-13,18-20H,2,9,14-15H2,1H3. The van der Waals surface area contributed by atoms with Crippen molar-refractivity contribution < 1.29 is 0 Å². The minimum Gasteiger partial charge on any atom is -0.381 e. The minimum absolute atomic E-state index is 0.478.